The van der Waals surface area contributed by atoms with E-state index in [1.807, 2.05) is 66.7 Å². The van der Waals surface area contributed by atoms with Gasteiger partial charge in [0.1, 0.15) is 4.21 Å². The van der Waals surface area contributed by atoms with Gasteiger partial charge in [0.05, 0.1) is 10.8 Å². The fourth-order valence-corrected chi connectivity index (χ4v) is 5.86. The van der Waals surface area contributed by atoms with Gasteiger partial charge >= 0.3 is 0 Å². The van der Waals surface area contributed by atoms with E-state index >= 15 is 0 Å². The van der Waals surface area contributed by atoms with Gasteiger partial charge in [-0.2, -0.15) is 0 Å². The highest BCUT2D eigenvalue weighted by Crippen LogP contribution is 2.70. The van der Waals surface area contributed by atoms with Crippen LogP contribution in [0.3, 0.4) is 0 Å². The quantitative estimate of drug-likeness (QED) is 0.581. The van der Waals surface area contributed by atoms with Crippen molar-refractivity contribution in [2.24, 2.45) is 0 Å². The third-order valence-corrected chi connectivity index (χ3v) is 7.30. The third kappa shape index (κ3) is 2.51. The lowest BCUT2D eigenvalue weighted by Gasteiger charge is -2.10. The molecule has 0 N–H and O–H groups in total. The Morgan fingerprint density at radius 1 is 0.667 bits per heavy atom. The second kappa shape index (κ2) is 6.19. The van der Waals surface area contributed by atoms with Gasteiger partial charge in [-0.15, -0.1) is 11.6 Å². The lowest BCUT2D eigenvalue weighted by Crippen LogP contribution is -2.13. The third-order valence-electron chi connectivity index (χ3n) is 4.63. The molecule has 0 radical (unpaired) electrons. The summed E-state index contributed by atoms with van der Waals surface area (Å²) < 4.78 is 12.5. The van der Waals surface area contributed by atoms with Crippen LogP contribution in [0.4, 0.5) is 0 Å². The predicted octanol–water partition coefficient (Wildman–Crippen LogP) is 5.31. The van der Waals surface area contributed by atoms with Crippen LogP contribution in [-0.2, 0) is 10.8 Å². The van der Waals surface area contributed by atoms with Gasteiger partial charge in [-0.25, -0.2) is 0 Å². The zero-order valence-electron chi connectivity index (χ0n) is 13.0. The molecule has 0 amide bonds. The number of alkyl halides is 1. The van der Waals surface area contributed by atoms with Crippen molar-refractivity contribution in [2.45, 2.75) is 20.9 Å². The molecule has 1 unspecified atom stereocenters. The van der Waals surface area contributed by atoms with Crippen LogP contribution in [-0.4, -0.2) is 8.42 Å². The van der Waals surface area contributed by atoms with Gasteiger partial charge in [-0.3, -0.25) is 4.21 Å². The lowest BCUT2D eigenvalue weighted by molar-refractivity contribution is 0.678. The molecule has 0 spiro atoms. The lowest BCUT2D eigenvalue weighted by atomic mass is 10.0. The minimum Gasteiger partial charge on any atom is -0.252 e. The molecule has 0 heterocycles. The second-order valence-corrected chi connectivity index (χ2v) is 8.59. The van der Waals surface area contributed by atoms with Gasteiger partial charge in [0.15, 0.2) is 0 Å². The molecule has 0 aromatic heterocycles. The largest absolute Gasteiger partial charge is 0.252 e. The Hall–Kier alpha value is -1.90. The fraction of sp³-hybridized carbons (Fsp3) is 0.143. The van der Waals surface area contributed by atoms with E-state index in [4.69, 9.17) is 11.6 Å². The summed E-state index contributed by atoms with van der Waals surface area (Å²) in [5.74, 6) is 0.0904. The van der Waals surface area contributed by atoms with E-state index in [2.05, 4.69) is 24.3 Å². The Bertz CT molecular complexity index is 803. The van der Waals surface area contributed by atoms with E-state index in [-0.39, 0.29) is 11.8 Å². The molecule has 1 saturated carbocycles. The first-order valence-electron chi connectivity index (χ1n) is 7.98. The molecule has 1 aliphatic rings. The van der Waals surface area contributed by atoms with E-state index in [1.54, 1.807) is 0 Å². The number of halogens is 1. The van der Waals surface area contributed by atoms with Gasteiger partial charge in [0.2, 0.25) is 0 Å². The maximum absolute atomic E-state index is 13.3. The van der Waals surface area contributed by atoms with Crippen molar-refractivity contribution in [3.05, 3.63) is 102 Å². The minimum absolute atomic E-state index is 0.0452. The average molecular weight is 353 g/mol. The Labute approximate surface area is 149 Å². The zero-order chi connectivity index (χ0) is 16.6. The summed E-state index contributed by atoms with van der Waals surface area (Å²) in [5, 5.41) is 0. The van der Waals surface area contributed by atoms with Crippen molar-refractivity contribution in [1.29, 1.82) is 0 Å². The molecule has 1 nitrogen and oxygen atoms in total. The van der Waals surface area contributed by atoms with E-state index in [9.17, 15) is 4.21 Å². The van der Waals surface area contributed by atoms with Crippen molar-refractivity contribution in [3.63, 3.8) is 0 Å². The zero-order valence-corrected chi connectivity index (χ0v) is 14.6. The van der Waals surface area contributed by atoms with Crippen molar-refractivity contribution in [1.82, 2.24) is 0 Å². The molecule has 4 rings (SSSR count). The smallest absolute Gasteiger partial charge is 0.139 e. The maximum Gasteiger partial charge on any atom is 0.139 e. The van der Waals surface area contributed by atoms with E-state index in [0.717, 1.165) is 16.0 Å². The first-order chi connectivity index (χ1) is 11.7. The van der Waals surface area contributed by atoms with Crippen LogP contribution in [0.1, 0.15) is 23.0 Å². The van der Waals surface area contributed by atoms with E-state index in [0.29, 0.717) is 0 Å². The van der Waals surface area contributed by atoms with Crippen molar-refractivity contribution >= 4 is 22.4 Å². The Morgan fingerprint density at radius 2 is 1.04 bits per heavy atom. The summed E-state index contributed by atoms with van der Waals surface area (Å²) in [6.45, 7) is 0. The van der Waals surface area contributed by atoms with Gasteiger partial charge < -0.3 is 0 Å². The molecule has 3 aromatic rings. The summed E-state index contributed by atoms with van der Waals surface area (Å²) >= 11 is 7.03. The number of benzene rings is 3. The van der Waals surface area contributed by atoms with Crippen LogP contribution >= 0.6 is 11.6 Å². The van der Waals surface area contributed by atoms with Gasteiger partial charge in [-0.05, 0) is 23.3 Å². The van der Waals surface area contributed by atoms with Crippen LogP contribution < -0.4 is 0 Å². The molecule has 3 atom stereocenters. The summed E-state index contributed by atoms with van der Waals surface area (Å²) in [4.78, 5) is 0.784. The van der Waals surface area contributed by atoms with Crippen molar-refractivity contribution in [3.8, 4) is 0 Å². The van der Waals surface area contributed by atoms with Crippen LogP contribution in [0.15, 0.2) is 95.9 Å². The Morgan fingerprint density at radius 3 is 1.46 bits per heavy atom. The summed E-state index contributed by atoms with van der Waals surface area (Å²) in [6, 6.07) is 29.9. The van der Waals surface area contributed by atoms with Crippen molar-refractivity contribution < 1.29 is 4.21 Å². The Kier molecular flexibility index (Phi) is 4.03. The summed E-state index contributed by atoms with van der Waals surface area (Å²) in [7, 11) is -1.29. The predicted molar refractivity (Wildman–Crippen MR) is 99.8 cm³/mol. The topological polar surface area (TPSA) is 17.1 Å². The molecule has 1 aliphatic carbocycles. The van der Waals surface area contributed by atoms with E-state index in [1.165, 1.54) is 0 Å². The summed E-state index contributed by atoms with van der Waals surface area (Å²) in [5.41, 5.74) is 2.29. The number of hydrogen-bond donors (Lipinski definition) is 0. The molecule has 0 saturated heterocycles. The average Bonchev–Trinajstić information content (AvgIpc) is 3.30. The molecular formula is C21H17ClOS. The normalized spacial score (nSPS) is 26.7. The first-order valence-corrected chi connectivity index (χ1v) is 9.51. The maximum atomic E-state index is 13.3. The monoisotopic (exact) mass is 352 g/mol. The fourth-order valence-electron chi connectivity index (χ4n) is 3.45. The molecule has 24 heavy (non-hydrogen) atoms. The Balaban J connectivity index is 1.78. The molecule has 3 heteroatoms. The molecule has 3 aromatic carbocycles. The molecule has 0 bridgehead atoms. The first kappa shape index (κ1) is 15.6. The van der Waals surface area contributed by atoms with Gasteiger partial charge in [-0.1, -0.05) is 78.9 Å². The minimum atomic E-state index is -1.29. The second-order valence-electron chi connectivity index (χ2n) is 6.06. The highest BCUT2D eigenvalue weighted by atomic mass is 35.5. The highest BCUT2D eigenvalue weighted by Gasteiger charge is 2.69. The standard InChI is InChI=1S/C21H17ClOS/c22-21(24(23)18-14-8-3-9-15-18)19(16-10-4-1-5-11-16)20(21)17-12-6-2-7-13-17/h1-15,19-20H/t19-,20-,24?/m1/s1. The van der Waals surface area contributed by atoms with Gasteiger partial charge in [0.25, 0.3) is 0 Å². The van der Waals surface area contributed by atoms with Crippen LogP contribution in [0, 0.1) is 0 Å². The molecule has 1 fully saturated rings. The van der Waals surface area contributed by atoms with Crippen LogP contribution in [0.2, 0.25) is 0 Å². The van der Waals surface area contributed by atoms with E-state index < -0.39 is 15.0 Å². The highest BCUT2D eigenvalue weighted by molar-refractivity contribution is 7.88. The SMILES string of the molecule is O=S(c1ccccc1)C1(Cl)[C@H](c2ccccc2)[C@H]1c1ccccc1. The molecular weight excluding hydrogens is 336 g/mol. The molecule has 0 aliphatic heterocycles. The summed E-state index contributed by atoms with van der Waals surface area (Å²) in [6.07, 6.45) is 0. The van der Waals surface area contributed by atoms with Gasteiger partial charge in [0, 0.05) is 16.7 Å². The van der Waals surface area contributed by atoms with Crippen LogP contribution in [0.25, 0.3) is 0 Å². The number of rotatable bonds is 4. The number of hydrogen-bond acceptors (Lipinski definition) is 1. The van der Waals surface area contributed by atoms with Crippen LogP contribution in [0.5, 0.6) is 0 Å². The van der Waals surface area contributed by atoms with Crippen molar-refractivity contribution in [2.75, 3.05) is 0 Å². The molecule has 120 valence electrons.